The Morgan fingerprint density at radius 3 is 2.58 bits per heavy atom. The minimum Gasteiger partial charge on any atom is -0.332 e. The summed E-state index contributed by atoms with van der Waals surface area (Å²) in [4.78, 5) is 24.8. The van der Waals surface area contributed by atoms with Gasteiger partial charge in [-0.15, -0.1) is 4.80 Å². The standard InChI is InChI=1S/C22H20F4N6O/c1-12-6-16(20(28-10-12)32-29-4-5-30-32)21(33)31-15-2-3-19(31)13(7-15)8-18-17(23)9-14(11-27-18)22(24,25)26/h4-6,9-11,13,15,19H,2-3,7-8H2,1H3. The van der Waals surface area contributed by atoms with Crippen LogP contribution in [-0.4, -0.2) is 47.9 Å². The van der Waals surface area contributed by atoms with E-state index in [1.165, 1.54) is 17.2 Å². The van der Waals surface area contributed by atoms with Crippen molar-refractivity contribution in [3.63, 3.8) is 0 Å². The second-order valence-electron chi connectivity index (χ2n) is 8.56. The van der Waals surface area contributed by atoms with Gasteiger partial charge in [0.1, 0.15) is 5.82 Å². The fraction of sp³-hybridized carbons (Fsp3) is 0.409. The molecule has 5 rings (SSSR count). The summed E-state index contributed by atoms with van der Waals surface area (Å²) in [5.41, 5.74) is 0.0720. The number of fused-ring (bicyclic) bond motifs is 2. The first-order chi connectivity index (χ1) is 15.7. The molecule has 3 unspecified atom stereocenters. The number of aryl methyl sites for hydroxylation is 1. The highest BCUT2D eigenvalue weighted by atomic mass is 19.4. The first kappa shape index (κ1) is 21.5. The van der Waals surface area contributed by atoms with Gasteiger partial charge in [-0.1, -0.05) is 0 Å². The maximum absolute atomic E-state index is 14.4. The van der Waals surface area contributed by atoms with Crippen molar-refractivity contribution in [2.24, 2.45) is 5.92 Å². The Morgan fingerprint density at radius 2 is 1.88 bits per heavy atom. The van der Waals surface area contributed by atoms with Gasteiger partial charge >= 0.3 is 6.18 Å². The molecule has 3 aromatic rings. The Hall–Kier alpha value is -3.37. The van der Waals surface area contributed by atoms with Crippen LogP contribution >= 0.6 is 0 Å². The number of carbonyl (C=O) groups excluding carboxylic acids is 1. The summed E-state index contributed by atoms with van der Waals surface area (Å²) in [6.07, 6.45) is 3.04. The fourth-order valence-electron chi connectivity index (χ4n) is 5.01. The second-order valence-corrected chi connectivity index (χ2v) is 8.56. The first-order valence-electron chi connectivity index (χ1n) is 10.6. The van der Waals surface area contributed by atoms with E-state index in [2.05, 4.69) is 20.2 Å². The molecule has 5 heterocycles. The third-order valence-corrected chi connectivity index (χ3v) is 6.44. The molecule has 7 nitrogen and oxygen atoms in total. The lowest BCUT2D eigenvalue weighted by atomic mass is 9.85. The molecule has 33 heavy (non-hydrogen) atoms. The fourth-order valence-corrected chi connectivity index (χ4v) is 5.01. The van der Waals surface area contributed by atoms with E-state index in [9.17, 15) is 22.4 Å². The zero-order chi connectivity index (χ0) is 23.3. The summed E-state index contributed by atoms with van der Waals surface area (Å²) in [6.45, 7) is 1.84. The van der Waals surface area contributed by atoms with Crippen molar-refractivity contribution >= 4 is 5.91 Å². The van der Waals surface area contributed by atoms with Crippen LogP contribution in [0.3, 0.4) is 0 Å². The zero-order valence-corrected chi connectivity index (χ0v) is 17.6. The molecule has 0 aromatic carbocycles. The van der Waals surface area contributed by atoms with Gasteiger partial charge in [0.25, 0.3) is 5.91 Å². The summed E-state index contributed by atoms with van der Waals surface area (Å²) in [5, 5.41) is 8.17. The largest absolute Gasteiger partial charge is 0.417 e. The number of amides is 1. The topological polar surface area (TPSA) is 76.8 Å². The third kappa shape index (κ3) is 3.85. The molecule has 2 fully saturated rings. The van der Waals surface area contributed by atoms with Gasteiger partial charge in [-0.05, 0) is 56.2 Å². The van der Waals surface area contributed by atoms with E-state index in [-0.39, 0.29) is 36.0 Å². The molecule has 172 valence electrons. The van der Waals surface area contributed by atoms with Gasteiger partial charge in [-0.25, -0.2) is 9.37 Å². The first-order valence-corrected chi connectivity index (χ1v) is 10.6. The summed E-state index contributed by atoms with van der Waals surface area (Å²) in [5.74, 6) is -0.931. The van der Waals surface area contributed by atoms with Crippen molar-refractivity contribution in [3.05, 3.63) is 65.1 Å². The Bertz CT molecular complexity index is 1200. The molecule has 1 amide bonds. The van der Waals surface area contributed by atoms with E-state index in [1.807, 2.05) is 11.8 Å². The molecule has 0 spiro atoms. The number of carbonyl (C=O) groups is 1. The number of aromatic nitrogens is 5. The Labute approximate surface area is 186 Å². The van der Waals surface area contributed by atoms with Gasteiger partial charge in [-0.3, -0.25) is 9.78 Å². The predicted molar refractivity (Wildman–Crippen MR) is 108 cm³/mol. The van der Waals surface area contributed by atoms with Crippen molar-refractivity contribution in [1.29, 1.82) is 0 Å². The number of rotatable bonds is 4. The molecule has 3 atom stereocenters. The lowest BCUT2D eigenvalue weighted by molar-refractivity contribution is -0.138. The Balaban J connectivity index is 1.40. The molecule has 0 saturated carbocycles. The van der Waals surface area contributed by atoms with Crippen LogP contribution in [0, 0.1) is 18.7 Å². The maximum atomic E-state index is 14.4. The molecule has 0 radical (unpaired) electrons. The van der Waals surface area contributed by atoms with Crippen LogP contribution in [0.15, 0.2) is 36.9 Å². The minimum absolute atomic E-state index is 0.00778. The summed E-state index contributed by atoms with van der Waals surface area (Å²) >= 11 is 0. The van der Waals surface area contributed by atoms with E-state index >= 15 is 0 Å². The van der Waals surface area contributed by atoms with Crippen LogP contribution in [0.25, 0.3) is 5.82 Å². The molecular weight excluding hydrogens is 440 g/mol. The minimum atomic E-state index is -4.65. The van der Waals surface area contributed by atoms with E-state index < -0.39 is 17.6 Å². The van der Waals surface area contributed by atoms with Gasteiger partial charge in [0.2, 0.25) is 0 Å². The zero-order valence-electron chi connectivity index (χ0n) is 17.6. The molecule has 11 heteroatoms. The van der Waals surface area contributed by atoms with Crippen molar-refractivity contribution < 1.29 is 22.4 Å². The van der Waals surface area contributed by atoms with Gasteiger partial charge in [0, 0.05) is 24.5 Å². The normalized spacial score (nSPS) is 22.2. The third-order valence-electron chi connectivity index (χ3n) is 6.44. The van der Waals surface area contributed by atoms with E-state index in [0.717, 1.165) is 18.4 Å². The summed E-state index contributed by atoms with van der Waals surface area (Å²) in [7, 11) is 0. The smallest absolute Gasteiger partial charge is 0.332 e. The average molecular weight is 460 g/mol. The number of hydrogen-bond donors (Lipinski definition) is 0. The molecule has 2 aliphatic rings. The highest BCUT2D eigenvalue weighted by Gasteiger charge is 2.49. The van der Waals surface area contributed by atoms with Crippen LogP contribution in [0.4, 0.5) is 17.6 Å². The maximum Gasteiger partial charge on any atom is 0.417 e. The van der Waals surface area contributed by atoms with E-state index in [1.54, 1.807) is 12.3 Å². The quantitative estimate of drug-likeness (QED) is 0.554. The van der Waals surface area contributed by atoms with Crippen LogP contribution in [0.1, 0.15) is 46.4 Å². The number of alkyl halides is 3. The van der Waals surface area contributed by atoms with Gasteiger partial charge in [-0.2, -0.15) is 23.4 Å². The SMILES string of the molecule is Cc1cnc(-n2nccn2)c(C(=O)N2C3CCC2C(Cc2ncc(C(F)(F)F)cc2F)C3)c1. The number of halogens is 4. The molecule has 0 aliphatic carbocycles. The van der Waals surface area contributed by atoms with Gasteiger partial charge in [0.15, 0.2) is 5.82 Å². The van der Waals surface area contributed by atoms with Gasteiger partial charge in [0.05, 0.1) is 29.2 Å². The predicted octanol–water partition coefficient (Wildman–Crippen LogP) is 3.76. The molecule has 2 aliphatic heterocycles. The van der Waals surface area contributed by atoms with Crippen LogP contribution in [0.5, 0.6) is 0 Å². The van der Waals surface area contributed by atoms with Crippen molar-refractivity contribution in [2.45, 2.75) is 50.9 Å². The lowest BCUT2D eigenvalue weighted by Crippen LogP contribution is -2.37. The second kappa shape index (κ2) is 7.89. The monoisotopic (exact) mass is 460 g/mol. The van der Waals surface area contributed by atoms with Crippen molar-refractivity contribution in [3.8, 4) is 5.82 Å². The molecule has 0 N–H and O–H groups in total. The molecule has 2 saturated heterocycles. The number of hydrogen-bond acceptors (Lipinski definition) is 5. The van der Waals surface area contributed by atoms with E-state index in [4.69, 9.17) is 0 Å². The highest BCUT2D eigenvalue weighted by Crippen LogP contribution is 2.44. The Kier molecular flexibility index (Phi) is 5.13. The average Bonchev–Trinajstić information content (AvgIpc) is 3.50. The summed E-state index contributed by atoms with van der Waals surface area (Å²) < 4.78 is 52.9. The van der Waals surface area contributed by atoms with Crippen LogP contribution in [0.2, 0.25) is 0 Å². The van der Waals surface area contributed by atoms with Crippen LogP contribution < -0.4 is 0 Å². The summed E-state index contributed by atoms with van der Waals surface area (Å²) in [6, 6.07) is 2.06. The Morgan fingerprint density at radius 1 is 1.12 bits per heavy atom. The van der Waals surface area contributed by atoms with Crippen LogP contribution in [-0.2, 0) is 12.6 Å². The molecule has 3 aromatic heterocycles. The molecule has 2 bridgehead atoms. The lowest BCUT2D eigenvalue weighted by Gasteiger charge is -2.25. The van der Waals surface area contributed by atoms with Crippen molar-refractivity contribution in [1.82, 2.24) is 29.9 Å². The van der Waals surface area contributed by atoms with E-state index in [0.29, 0.717) is 30.1 Å². The number of pyridine rings is 2. The number of nitrogens with zero attached hydrogens (tertiary/aromatic N) is 6. The van der Waals surface area contributed by atoms with Crippen molar-refractivity contribution in [2.75, 3.05) is 0 Å². The highest BCUT2D eigenvalue weighted by molar-refractivity contribution is 5.98. The molecular formula is C22H20F4N6O. The van der Waals surface area contributed by atoms with Gasteiger partial charge < -0.3 is 4.90 Å².